The second kappa shape index (κ2) is 9.78. The summed E-state index contributed by atoms with van der Waals surface area (Å²) in [6.07, 6.45) is 6.11. The summed E-state index contributed by atoms with van der Waals surface area (Å²) in [5.74, 6) is -0.0265. The molecule has 1 aromatic carbocycles. The Morgan fingerprint density at radius 1 is 1.07 bits per heavy atom. The Morgan fingerprint density at radius 3 is 2.27 bits per heavy atom. The summed E-state index contributed by atoms with van der Waals surface area (Å²) in [6, 6.07) is 7.86. The molecule has 0 radical (unpaired) electrons. The van der Waals surface area contributed by atoms with Crippen LogP contribution in [0.4, 0.5) is 11.6 Å². The van der Waals surface area contributed by atoms with Crippen molar-refractivity contribution in [3.05, 3.63) is 41.7 Å². The number of thioether (sulfide) groups is 1. The van der Waals surface area contributed by atoms with Crippen LogP contribution >= 0.6 is 11.8 Å². The highest BCUT2D eigenvalue weighted by Gasteiger charge is 2.22. The highest BCUT2D eigenvalue weighted by atomic mass is 32.2. The van der Waals surface area contributed by atoms with Crippen molar-refractivity contribution in [3.63, 3.8) is 0 Å². The number of carbonyl (C=O) groups is 1. The van der Waals surface area contributed by atoms with Crippen LogP contribution in [0.1, 0.15) is 50.4 Å². The van der Waals surface area contributed by atoms with E-state index >= 15 is 0 Å². The minimum atomic E-state index is -3.82. The van der Waals surface area contributed by atoms with Crippen molar-refractivity contribution in [1.29, 1.82) is 0 Å². The second-order valence-corrected chi connectivity index (χ2v) is 11.0. The number of aryl methyl sites for hydroxylation is 2. The minimum absolute atomic E-state index is 0.0402. The van der Waals surface area contributed by atoms with Crippen LogP contribution in [0.5, 0.6) is 0 Å². The number of carbonyl (C=O) groups excluding carboxylic acids is 1. The lowest BCUT2D eigenvalue weighted by Gasteiger charge is -2.23. The van der Waals surface area contributed by atoms with E-state index in [1.54, 1.807) is 43.8 Å². The molecule has 0 saturated heterocycles. The largest absolute Gasteiger partial charge is 0.325 e. The molecule has 1 unspecified atom stereocenters. The Kier molecular flexibility index (Phi) is 7.36. The molecular weight excluding hydrogens is 420 g/mol. The van der Waals surface area contributed by atoms with Gasteiger partial charge in [-0.3, -0.25) is 4.79 Å². The van der Waals surface area contributed by atoms with Crippen LogP contribution in [0.25, 0.3) is 0 Å². The van der Waals surface area contributed by atoms with Gasteiger partial charge in [-0.25, -0.2) is 23.1 Å². The zero-order chi connectivity index (χ0) is 21.7. The first-order chi connectivity index (χ1) is 14.2. The Morgan fingerprint density at radius 2 is 1.67 bits per heavy atom. The summed E-state index contributed by atoms with van der Waals surface area (Å²) >= 11 is 1.73. The fourth-order valence-corrected chi connectivity index (χ4v) is 5.77. The molecule has 1 amide bonds. The summed E-state index contributed by atoms with van der Waals surface area (Å²) in [5, 5.41) is 3.27. The molecule has 9 heteroatoms. The Bertz CT molecular complexity index is 968. The number of amides is 1. The smallest absolute Gasteiger partial charge is 0.264 e. The lowest BCUT2D eigenvalue weighted by molar-refractivity contribution is -0.115. The molecule has 1 aliphatic rings. The van der Waals surface area contributed by atoms with Crippen LogP contribution < -0.4 is 10.0 Å². The minimum Gasteiger partial charge on any atom is -0.325 e. The molecule has 1 heterocycles. The maximum atomic E-state index is 12.6. The van der Waals surface area contributed by atoms with Gasteiger partial charge >= 0.3 is 0 Å². The Balaban J connectivity index is 1.61. The molecule has 1 saturated carbocycles. The van der Waals surface area contributed by atoms with Crippen molar-refractivity contribution in [2.75, 3.05) is 10.0 Å². The molecule has 7 nitrogen and oxygen atoms in total. The van der Waals surface area contributed by atoms with E-state index in [0.29, 0.717) is 22.3 Å². The van der Waals surface area contributed by atoms with Gasteiger partial charge in [-0.05, 0) is 63.9 Å². The van der Waals surface area contributed by atoms with Crippen molar-refractivity contribution >= 4 is 39.3 Å². The van der Waals surface area contributed by atoms with Crippen LogP contribution in [0, 0.1) is 13.8 Å². The Hall–Kier alpha value is -2.13. The van der Waals surface area contributed by atoms with Gasteiger partial charge in [-0.15, -0.1) is 11.8 Å². The van der Waals surface area contributed by atoms with Crippen molar-refractivity contribution < 1.29 is 13.2 Å². The first kappa shape index (κ1) is 22.6. The molecule has 2 N–H and O–H groups in total. The lowest BCUT2D eigenvalue weighted by Crippen LogP contribution is -2.25. The number of nitrogens with one attached hydrogen (secondary N) is 2. The van der Waals surface area contributed by atoms with Crippen molar-refractivity contribution in [3.8, 4) is 0 Å². The molecule has 2 aromatic rings. The summed E-state index contributed by atoms with van der Waals surface area (Å²) in [6.45, 7) is 5.47. The average molecular weight is 449 g/mol. The molecule has 3 rings (SSSR count). The van der Waals surface area contributed by atoms with E-state index in [1.807, 2.05) is 6.92 Å². The molecule has 1 aromatic heterocycles. The molecule has 162 valence electrons. The van der Waals surface area contributed by atoms with E-state index in [4.69, 9.17) is 0 Å². The molecule has 0 aliphatic heterocycles. The number of benzene rings is 1. The van der Waals surface area contributed by atoms with E-state index in [9.17, 15) is 13.2 Å². The van der Waals surface area contributed by atoms with E-state index in [2.05, 4.69) is 20.0 Å². The summed E-state index contributed by atoms with van der Waals surface area (Å²) in [7, 11) is -3.82. The van der Waals surface area contributed by atoms with E-state index in [1.165, 1.54) is 44.2 Å². The van der Waals surface area contributed by atoms with Crippen LogP contribution in [0.3, 0.4) is 0 Å². The second-order valence-electron chi connectivity index (χ2n) is 7.63. The van der Waals surface area contributed by atoms with Gasteiger partial charge in [0.25, 0.3) is 10.0 Å². The van der Waals surface area contributed by atoms with Crippen molar-refractivity contribution in [2.45, 2.75) is 68.3 Å². The molecule has 0 bridgehead atoms. The van der Waals surface area contributed by atoms with Crippen molar-refractivity contribution in [2.24, 2.45) is 0 Å². The zero-order valence-corrected chi connectivity index (χ0v) is 19.1. The standard InChI is InChI=1S/C21H28N4O3S2/c1-14-13-15(2)23-21(22-14)25-30(27,28)19-11-9-17(10-12-19)24-20(26)16(3)29-18-7-5-4-6-8-18/h9-13,16,18H,4-8H2,1-3H3,(H,24,26)(H,22,23,25). The van der Waals surface area contributed by atoms with Gasteiger partial charge in [0.2, 0.25) is 11.9 Å². The highest BCUT2D eigenvalue weighted by Crippen LogP contribution is 2.31. The molecule has 1 fully saturated rings. The summed E-state index contributed by atoms with van der Waals surface area (Å²) in [4.78, 5) is 20.8. The molecule has 1 atom stereocenters. The number of hydrogen-bond donors (Lipinski definition) is 2. The van der Waals surface area contributed by atoms with E-state index in [0.717, 1.165) is 0 Å². The number of rotatable bonds is 7. The maximum Gasteiger partial charge on any atom is 0.264 e. The third-order valence-corrected chi connectivity index (χ3v) is 7.78. The van der Waals surface area contributed by atoms with E-state index in [-0.39, 0.29) is 22.0 Å². The van der Waals surface area contributed by atoms with Crippen LogP contribution in [0.15, 0.2) is 35.2 Å². The van der Waals surface area contributed by atoms with Gasteiger partial charge in [0.15, 0.2) is 0 Å². The van der Waals surface area contributed by atoms with E-state index < -0.39 is 10.0 Å². The molecule has 1 aliphatic carbocycles. The van der Waals surface area contributed by atoms with Gasteiger partial charge in [0.05, 0.1) is 10.1 Å². The zero-order valence-electron chi connectivity index (χ0n) is 17.5. The number of anilines is 2. The molecular formula is C21H28N4O3S2. The van der Waals surface area contributed by atoms with Gasteiger partial charge in [0, 0.05) is 22.3 Å². The SMILES string of the molecule is Cc1cc(C)nc(NS(=O)(=O)c2ccc(NC(=O)C(C)SC3CCCCC3)cc2)n1. The number of nitrogens with zero attached hydrogens (tertiary/aromatic N) is 2. The summed E-state index contributed by atoms with van der Waals surface area (Å²) < 4.78 is 27.6. The topological polar surface area (TPSA) is 101 Å². The number of aromatic nitrogens is 2. The van der Waals surface area contributed by atoms with Gasteiger partial charge in [-0.2, -0.15) is 0 Å². The first-order valence-electron chi connectivity index (χ1n) is 10.1. The predicted molar refractivity (Wildman–Crippen MR) is 121 cm³/mol. The van der Waals surface area contributed by atoms with Crippen LogP contribution in [-0.2, 0) is 14.8 Å². The third-order valence-electron chi connectivity index (χ3n) is 4.96. The monoisotopic (exact) mass is 448 g/mol. The summed E-state index contributed by atoms with van der Waals surface area (Å²) in [5.41, 5.74) is 1.93. The average Bonchev–Trinajstić information content (AvgIpc) is 2.68. The van der Waals surface area contributed by atoms with Crippen LogP contribution in [0.2, 0.25) is 0 Å². The quantitative estimate of drug-likeness (QED) is 0.655. The fraction of sp³-hybridized carbons (Fsp3) is 0.476. The molecule has 0 spiro atoms. The lowest BCUT2D eigenvalue weighted by atomic mass is 10.0. The number of hydrogen-bond acceptors (Lipinski definition) is 6. The molecule has 30 heavy (non-hydrogen) atoms. The normalized spacial score (nSPS) is 16.1. The highest BCUT2D eigenvalue weighted by molar-refractivity contribution is 8.01. The Labute approximate surface area is 182 Å². The first-order valence-corrected chi connectivity index (χ1v) is 12.6. The third kappa shape index (κ3) is 6.18. The van der Waals surface area contributed by atoms with Crippen molar-refractivity contribution in [1.82, 2.24) is 9.97 Å². The van der Waals surface area contributed by atoms with Gasteiger partial charge < -0.3 is 5.32 Å². The predicted octanol–water partition coefficient (Wildman–Crippen LogP) is 4.29. The van der Waals surface area contributed by atoms with Gasteiger partial charge in [-0.1, -0.05) is 19.3 Å². The van der Waals surface area contributed by atoms with Crippen LogP contribution in [-0.4, -0.2) is 34.8 Å². The van der Waals surface area contributed by atoms with Gasteiger partial charge in [0.1, 0.15) is 0 Å². The number of sulfonamides is 1. The fourth-order valence-electron chi connectivity index (χ4n) is 3.46. The maximum absolute atomic E-state index is 12.6.